The van der Waals surface area contributed by atoms with Crippen LogP contribution in [-0.4, -0.2) is 23.8 Å². The number of nitrogens with zero attached hydrogens (tertiary/aromatic N) is 1. The lowest BCUT2D eigenvalue weighted by Crippen LogP contribution is -2.34. The normalized spacial score (nSPS) is 13.6. The highest BCUT2D eigenvalue weighted by Gasteiger charge is 2.34. The van der Waals surface area contributed by atoms with Gasteiger partial charge < -0.3 is 15.0 Å². The lowest BCUT2D eigenvalue weighted by molar-refractivity contribution is -0.122. The molecule has 31 heavy (non-hydrogen) atoms. The van der Waals surface area contributed by atoms with Crippen LogP contribution in [0.4, 0.5) is 4.39 Å². The van der Waals surface area contributed by atoms with Crippen molar-refractivity contribution in [1.29, 1.82) is 0 Å². The molecule has 4 rings (SSSR count). The van der Waals surface area contributed by atoms with Gasteiger partial charge in [0.25, 0.3) is 5.91 Å². The summed E-state index contributed by atoms with van der Waals surface area (Å²) in [4.78, 5) is 27.5. The summed E-state index contributed by atoms with van der Waals surface area (Å²) in [5.41, 5.74) is 3.21. The fourth-order valence-electron chi connectivity index (χ4n) is 3.85. The molecule has 1 N–H and O–H groups in total. The minimum absolute atomic E-state index is 0.0787. The number of hydrogen-bond donors (Lipinski definition) is 1. The molecule has 1 atom stereocenters. The van der Waals surface area contributed by atoms with Crippen LogP contribution < -0.4 is 10.1 Å². The van der Waals surface area contributed by atoms with E-state index in [2.05, 4.69) is 5.32 Å². The van der Waals surface area contributed by atoms with Gasteiger partial charge in [-0.3, -0.25) is 9.59 Å². The first-order chi connectivity index (χ1) is 15.0. The maximum Gasteiger partial charge on any atom is 0.255 e. The Balaban J connectivity index is 1.52. The van der Waals surface area contributed by atoms with Crippen molar-refractivity contribution in [2.75, 3.05) is 7.11 Å². The Morgan fingerprint density at radius 1 is 1.10 bits per heavy atom. The topological polar surface area (TPSA) is 58.6 Å². The summed E-state index contributed by atoms with van der Waals surface area (Å²) in [6, 6.07) is 20.4. The molecule has 1 aliphatic heterocycles. The zero-order valence-corrected chi connectivity index (χ0v) is 17.2. The first-order valence-electron chi connectivity index (χ1n) is 10.1. The third-order valence-electron chi connectivity index (χ3n) is 5.48. The number of hydrogen-bond acceptors (Lipinski definition) is 3. The van der Waals surface area contributed by atoms with Crippen LogP contribution in [0.2, 0.25) is 0 Å². The van der Waals surface area contributed by atoms with Crippen LogP contribution >= 0.6 is 0 Å². The highest BCUT2D eigenvalue weighted by Crippen LogP contribution is 2.33. The fourth-order valence-corrected chi connectivity index (χ4v) is 3.85. The number of nitrogens with one attached hydrogen (secondary N) is 1. The van der Waals surface area contributed by atoms with Gasteiger partial charge in [0.15, 0.2) is 0 Å². The Hall–Kier alpha value is -3.67. The fraction of sp³-hybridized carbons (Fsp3) is 0.200. The molecule has 0 aliphatic carbocycles. The summed E-state index contributed by atoms with van der Waals surface area (Å²) in [6.07, 6.45) is 0.0787. The molecule has 158 valence electrons. The van der Waals surface area contributed by atoms with E-state index in [-0.39, 0.29) is 24.1 Å². The van der Waals surface area contributed by atoms with E-state index in [4.69, 9.17) is 4.74 Å². The summed E-state index contributed by atoms with van der Waals surface area (Å²) in [5.74, 6) is 0.0452. The molecule has 3 aromatic rings. The molecule has 1 aliphatic rings. The second kappa shape index (κ2) is 9.00. The second-order valence-electron chi connectivity index (χ2n) is 7.49. The lowest BCUT2D eigenvalue weighted by Gasteiger charge is -2.28. The van der Waals surface area contributed by atoms with Gasteiger partial charge >= 0.3 is 0 Å². The molecule has 0 unspecified atom stereocenters. The number of ether oxygens (including phenoxy) is 1. The third-order valence-corrected chi connectivity index (χ3v) is 5.48. The zero-order valence-electron chi connectivity index (χ0n) is 17.2. The van der Waals surface area contributed by atoms with Crippen LogP contribution in [0.15, 0.2) is 72.8 Å². The number of carbonyl (C=O) groups excluding carboxylic acids is 2. The zero-order chi connectivity index (χ0) is 21.8. The van der Waals surface area contributed by atoms with E-state index >= 15 is 0 Å². The molecule has 0 saturated carbocycles. The Bertz CT molecular complexity index is 1100. The molecule has 0 saturated heterocycles. The molecule has 0 bridgehead atoms. The predicted octanol–water partition coefficient (Wildman–Crippen LogP) is 4.24. The van der Waals surface area contributed by atoms with E-state index in [1.165, 1.54) is 12.1 Å². The van der Waals surface area contributed by atoms with Crippen molar-refractivity contribution < 1.29 is 18.7 Å². The number of fused-ring (bicyclic) bond motifs is 1. The van der Waals surface area contributed by atoms with Crippen LogP contribution in [0.5, 0.6) is 5.75 Å². The molecular formula is C25H23FN2O3. The first-order valence-corrected chi connectivity index (χ1v) is 10.1. The summed E-state index contributed by atoms with van der Waals surface area (Å²) < 4.78 is 18.7. The van der Waals surface area contributed by atoms with Crippen molar-refractivity contribution in [3.8, 4) is 5.75 Å². The van der Waals surface area contributed by atoms with Gasteiger partial charge in [0, 0.05) is 18.7 Å². The maximum absolute atomic E-state index is 13.5. The summed E-state index contributed by atoms with van der Waals surface area (Å²) >= 11 is 0. The highest BCUT2D eigenvalue weighted by molar-refractivity contribution is 5.98. The van der Waals surface area contributed by atoms with Gasteiger partial charge in [-0.15, -0.1) is 0 Å². The number of halogens is 1. The number of rotatable bonds is 7. The van der Waals surface area contributed by atoms with Crippen LogP contribution in [-0.2, 0) is 17.9 Å². The maximum atomic E-state index is 13.5. The SMILES string of the molecule is COc1cccc(CNC(=O)C[C@H](c2ccc(F)cc2)N2Cc3ccccc3C2=O)c1. The van der Waals surface area contributed by atoms with E-state index in [0.717, 1.165) is 22.4 Å². The van der Waals surface area contributed by atoms with Gasteiger partial charge in [-0.25, -0.2) is 4.39 Å². The molecule has 6 heteroatoms. The highest BCUT2D eigenvalue weighted by atomic mass is 19.1. The van der Waals surface area contributed by atoms with Crippen LogP contribution in [0.1, 0.15) is 39.5 Å². The average molecular weight is 418 g/mol. The molecule has 2 amide bonds. The largest absolute Gasteiger partial charge is 0.497 e. The second-order valence-corrected chi connectivity index (χ2v) is 7.49. The van der Waals surface area contributed by atoms with Gasteiger partial charge in [0.05, 0.1) is 19.6 Å². The molecule has 1 heterocycles. The van der Waals surface area contributed by atoms with E-state index < -0.39 is 6.04 Å². The van der Waals surface area contributed by atoms with Crippen LogP contribution in [0.3, 0.4) is 0 Å². The van der Waals surface area contributed by atoms with E-state index in [1.807, 2.05) is 42.5 Å². The summed E-state index contributed by atoms with van der Waals surface area (Å²) in [5, 5.41) is 2.91. The molecule has 5 nitrogen and oxygen atoms in total. The Morgan fingerprint density at radius 2 is 1.87 bits per heavy atom. The summed E-state index contributed by atoms with van der Waals surface area (Å²) in [7, 11) is 1.59. The molecule has 0 fully saturated rings. The number of benzene rings is 3. The van der Waals surface area contributed by atoms with Crippen molar-refractivity contribution in [3.05, 3.63) is 101 Å². The van der Waals surface area contributed by atoms with Crippen molar-refractivity contribution in [2.24, 2.45) is 0 Å². The number of carbonyl (C=O) groups is 2. The van der Waals surface area contributed by atoms with Crippen LogP contribution in [0.25, 0.3) is 0 Å². The van der Waals surface area contributed by atoms with Crippen molar-refractivity contribution in [2.45, 2.75) is 25.6 Å². The summed E-state index contributed by atoms with van der Waals surface area (Å²) in [6.45, 7) is 0.764. The molecular weight excluding hydrogens is 395 g/mol. The third kappa shape index (κ3) is 4.58. The Morgan fingerprint density at radius 3 is 2.61 bits per heavy atom. The van der Waals surface area contributed by atoms with Crippen LogP contribution in [0, 0.1) is 5.82 Å². The quantitative estimate of drug-likeness (QED) is 0.625. The number of methoxy groups -OCH3 is 1. The van der Waals surface area contributed by atoms with E-state index in [9.17, 15) is 14.0 Å². The van der Waals surface area contributed by atoms with Crippen molar-refractivity contribution >= 4 is 11.8 Å². The standard InChI is InChI=1S/C25H23FN2O3/c1-31-21-7-4-5-17(13-21)15-27-24(29)14-23(18-9-11-20(26)12-10-18)28-16-19-6-2-3-8-22(19)25(28)30/h2-13,23H,14-16H2,1H3,(H,27,29)/t23-/m1/s1. The first kappa shape index (κ1) is 20.6. The average Bonchev–Trinajstić information content (AvgIpc) is 3.13. The molecule has 0 radical (unpaired) electrons. The van der Waals surface area contributed by atoms with E-state index in [0.29, 0.717) is 18.7 Å². The van der Waals surface area contributed by atoms with E-state index in [1.54, 1.807) is 30.2 Å². The monoisotopic (exact) mass is 418 g/mol. The minimum Gasteiger partial charge on any atom is -0.497 e. The lowest BCUT2D eigenvalue weighted by atomic mass is 10.0. The smallest absolute Gasteiger partial charge is 0.255 e. The number of amides is 2. The van der Waals surface area contributed by atoms with Gasteiger partial charge in [-0.05, 0) is 47.0 Å². The predicted molar refractivity (Wildman–Crippen MR) is 115 cm³/mol. The van der Waals surface area contributed by atoms with Crippen molar-refractivity contribution in [3.63, 3.8) is 0 Å². The van der Waals surface area contributed by atoms with Gasteiger partial charge in [0.1, 0.15) is 11.6 Å². The van der Waals surface area contributed by atoms with Gasteiger partial charge in [-0.1, -0.05) is 42.5 Å². The molecule has 3 aromatic carbocycles. The Kier molecular flexibility index (Phi) is 5.98. The molecule has 0 aromatic heterocycles. The van der Waals surface area contributed by atoms with Crippen molar-refractivity contribution in [1.82, 2.24) is 10.2 Å². The Labute approximate surface area is 180 Å². The molecule has 0 spiro atoms. The minimum atomic E-state index is -0.495. The van der Waals surface area contributed by atoms with Gasteiger partial charge in [0.2, 0.25) is 5.91 Å². The van der Waals surface area contributed by atoms with Gasteiger partial charge in [-0.2, -0.15) is 0 Å².